The van der Waals surface area contributed by atoms with E-state index in [0.717, 1.165) is 62.0 Å². The van der Waals surface area contributed by atoms with Crippen LogP contribution in [0, 0.1) is 11.8 Å². The number of aliphatic hydroxyl groups excluding tert-OH is 1. The number of hydrogen-bond acceptors (Lipinski definition) is 8. The zero-order valence-electron chi connectivity index (χ0n) is 29.4. The average Bonchev–Trinajstić information content (AvgIpc) is 3.04. The lowest BCUT2D eigenvalue weighted by atomic mass is 9.78. The van der Waals surface area contributed by atoms with Crippen molar-refractivity contribution in [3.63, 3.8) is 0 Å². The molecule has 0 aromatic heterocycles. The number of rotatable bonds is 18. The maximum Gasteiger partial charge on any atom is 0.331 e. The number of unbranched alkanes of at least 4 members (excludes halogenated alkanes) is 3. The van der Waals surface area contributed by atoms with Crippen molar-refractivity contribution >= 4 is 23.9 Å². The predicted octanol–water partition coefficient (Wildman–Crippen LogP) is 6.69. The normalized spacial score (nSPS) is 28.1. The van der Waals surface area contributed by atoms with Crippen LogP contribution in [0.4, 0.5) is 0 Å². The Hall–Kier alpha value is -3.80. The Kier molecular flexibility index (Phi) is 16.9. The van der Waals surface area contributed by atoms with E-state index in [-0.39, 0.29) is 17.9 Å². The maximum absolute atomic E-state index is 12.9. The molecule has 49 heavy (non-hydrogen) atoms. The van der Waals surface area contributed by atoms with Crippen LogP contribution in [0.15, 0.2) is 71.9 Å². The molecule has 2 heterocycles. The number of allylic oxidation sites excluding steroid dienone is 4. The standard InChI is InChI=1S/C38H54O11/c1-6-7-8-9-21-37(49-36(46)19-18-34(42)43)23-24-38(48-32(37)16-12-27(3)25-35(44)45)22-20-29(5)31(47-38)15-11-26(2)10-14-30(39)28(4)13-17-33(40)41/h10-14,16-19,25,28-32,39H,6-9,15,20-24H2,1-5H3,(H,40,41)(H,42,43)(H,44,45). The number of ether oxygens (including phenoxy) is 3. The lowest BCUT2D eigenvalue weighted by molar-refractivity contribution is -0.344. The Morgan fingerprint density at radius 3 is 2.22 bits per heavy atom. The van der Waals surface area contributed by atoms with Gasteiger partial charge in [0.2, 0.25) is 0 Å². The third-order valence-electron chi connectivity index (χ3n) is 9.08. The summed E-state index contributed by atoms with van der Waals surface area (Å²) in [6.07, 6.45) is 19.1. The largest absolute Gasteiger partial charge is 0.478 e. The topological polar surface area (TPSA) is 177 Å². The average molecular weight is 687 g/mol. The van der Waals surface area contributed by atoms with Gasteiger partial charge in [-0.2, -0.15) is 0 Å². The van der Waals surface area contributed by atoms with Gasteiger partial charge in [-0.3, -0.25) is 0 Å². The Morgan fingerprint density at radius 1 is 0.857 bits per heavy atom. The highest BCUT2D eigenvalue weighted by Gasteiger charge is 2.54. The van der Waals surface area contributed by atoms with Gasteiger partial charge in [-0.25, -0.2) is 19.2 Å². The molecule has 11 nitrogen and oxygen atoms in total. The van der Waals surface area contributed by atoms with Crippen LogP contribution in [0.1, 0.15) is 98.8 Å². The summed E-state index contributed by atoms with van der Waals surface area (Å²) >= 11 is 0. The van der Waals surface area contributed by atoms with E-state index in [0.29, 0.717) is 37.7 Å². The molecule has 0 saturated carbocycles. The third kappa shape index (κ3) is 14.3. The fourth-order valence-electron chi connectivity index (χ4n) is 6.07. The minimum Gasteiger partial charge on any atom is -0.478 e. The van der Waals surface area contributed by atoms with Crippen molar-refractivity contribution in [2.75, 3.05) is 0 Å². The first-order valence-electron chi connectivity index (χ1n) is 17.1. The first-order chi connectivity index (χ1) is 23.1. The number of carbonyl (C=O) groups excluding carboxylic acids is 1. The van der Waals surface area contributed by atoms with Crippen molar-refractivity contribution < 1.29 is 53.8 Å². The number of esters is 1. The van der Waals surface area contributed by atoms with E-state index in [1.165, 1.54) is 6.08 Å². The number of carboxylic acid groups (broad SMARTS) is 3. The molecule has 0 aromatic rings. The molecule has 2 aliphatic rings. The molecule has 11 heteroatoms. The summed E-state index contributed by atoms with van der Waals surface area (Å²) in [5, 5.41) is 37.5. The van der Waals surface area contributed by atoms with Crippen LogP contribution in [0.2, 0.25) is 0 Å². The zero-order chi connectivity index (χ0) is 36.6. The molecule has 4 N–H and O–H groups in total. The first-order valence-corrected chi connectivity index (χ1v) is 17.1. The van der Waals surface area contributed by atoms with Gasteiger partial charge in [0.05, 0.1) is 12.2 Å². The Bertz CT molecular complexity index is 1320. The molecule has 7 unspecified atom stereocenters. The van der Waals surface area contributed by atoms with Crippen molar-refractivity contribution in [1.82, 2.24) is 0 Å². The summed E-state index contributed by atoms with van der Waals surface area (Å²) in [6, 6.07) is 0. The van der Waals surface area contributed by atoms with Crippen LogP contribution < -0.4 is 0 Å². The number of carboxylic acids is 3. The minimum atomic E-state index is -1.27. The molecule has 7 atom stereocenters. The van der Waals surface area contributed by atoms with Gasteiger partial charge in [-0.05, 0) is 57.4 Å². The third-order valence-corrected chi connectivity index (χ3v) is 9.08. The lowest BCUT2D eigenvalue weighted by Crippen LogP contribution is -2.59. The van der Waals surface area contributed by atoms with Gasteiger partial charge in [-0.15, -0.1) is 0 Å². The molecule has 272 valence electrons. The van der Waals surface area contributed by atoms with E-state index >= 15 is 0 Å². The van der Waals surface area contributed by atoms with Gasteiger partial charge in [0.15, 0.2) is 5.79 Å². The van der Waals surface area contributed by atoms with Crippen molar-refractivity contribution in [1.29, 1.82) is 0 Å². The fourth-order valence-corrected chi connectivity index (χ4v) is 6.07. The summed E-state index contributed by atoms with van der Waals surface area (Å²) in [7, 11) is 0. The second-order valence-electron chi connectivity index (χ2n) is 13.3. The number of aliphatic hydroxyl groups is 1. The summed E-state index contributed by atoms with van der Waals surface area (Å²) < 4.78 is 19.6. The molecule has 2 saturated heterocycles. The van der Waals surface area contributed by atoms with E-state index in [1.54, 1.807) is 38.2 Å². The van der Waals surface area contributed by atoms with E-state index in [1.807, 2.05) is 13.0 Å². The maximum atomic E-state index is 12.9. The highest BCUT2D eigenvalue weighted by atomic mass is 16.7. The molecule has 0 bridgehead atoms. The van der Waals surface area contributed by atoms with Crippen LogP contribution >= 0.6 is 0 Å². The highest BCUT2D eigenvalue weighted by molar-refractivity contribution is 5.91. The van der Waals surface area contributed by atoms with Gasteiger partial charge in [0.25, 0.3) is 0 Å². The van der Waals surface area contributed by atoms with Crippen molar-refractivity contribution in [3.05, 3.63) is 71.9 Å². The SMILES string of the molecule is CCCCCCC1(OC(=O)C=CC(=O)O)CCC2(CCC(C)C(CC=C(C)C=CC(O)C(C)C=CC(=O)O)O2)OC1C=CC(C)=CC(=O)O. The van der Waals surface area contributed by atoms with E-state index in [9.17, 15) is 29.4 Å². The van der Waals surface area contributed by atoms with Crippen LogP contribution in [-0.2, 0) is 33.4 Å². The van der Waals surface area contributed by atoms with Crippen molar-refractivity contribution in [3.8, 4) is 0 Å². The number of hydrogen-bond donors (Lipinski definition) is 4. The molecular formula is C38H54O11. The minimum absolute atomic E-state index is 0.198. The van der Waals surface area contributed by atoms with Crippen molar-refractivity contribution in [2.24, 2.45) is 11.8 Å². The van der Waals surface area contributed by atoms with E-state index in [4.69, 9.17) is 24.4 Å². The van der Waals surface area contributed by atoms with Crippen LogP contribution in [-0.4, -0.2) is 74.0 Å². The van der Waals surface area contributed by atoms with Gasteiger partial charge in [0, 0.05) is 43.1 Å². The predicted molar refractivity (Wildman–Crippen MR) is 184 cm³/mol. The van der Waals surface area contributed by atoms with E-state index in [2.05, 4.69) is 13.8 Å². The monoisotopic (exact) mass is 686 g/mol. The number of carbonyl (C=O) groups is 4. The molecular weight excluding hydrogens is 632 g/mol. The Labute approximate surface area is 289 Å². The summed E-state index contributed by atoms with van der Waals surface area (Å²) in [6.45, 7) is 9.51. The summed E-state index contributed by atoms with van der Waals surface area (Å²) in [5.41, 5.74) is 0.247. The molecule has 0 amide bonds. The van der Waals surface area contributed by atoms with Gasteiger partial charge in [-0.1, -0.05) is 82.1 Å². The van der Waals surface area contributed by atoms with Gasteiger partial charge < -0.3 is 34.6 Å². The molecule has 2 aliphatic heterocycles. The molecule has 0 aromatic carbocycles. The van der Waals surface area contributed by atoms with Gasteiger partial charge in [0.1, 0.15) is 11.7 Å². The zero-order valence-corrected chi connectivity index (χ0v) is 29.4. The second kappa shape index (κ2) is 20.0. The van der Waals surface area contributed by atoms with Gasteiger partial charge >= 0.3 is 23.9 Å². The van der Waals surface area contributed by atoms with Crippen LogP contribution in [0.25, 0.3) is 0 Å². The summed E-state index contributed by atoms with van der Waals surface area (Å²) in [4.78, 5) is 46.1. The second-order valence-corrected chi connectivity index (χ2v) is 13.3. The Balaban J connectivity index is 2.36. The van der Waals surface area contributed by atoms with Crippen LogP contribution in [0.5, 0.6) is 0 Å². The molecule has 0 aliphatic carbocycles. The Morgan fingerprint density at radius 2 is 1.57 bits per heavy atom. The lowest BCUT2D eigenvalue weighted by Gasteiger charge is -2.53. The quantitative estimate of drug-likeness (QED) is 0.0523. The fraction of sp³-hybridized carbons (Fsp3) is 0.579. The molecule has 2 rings (SSSR count). The molecule has 2 fully saturated rings. The first kappa shape index (κ1) is 41.4. The number of aliphatic carboxylic acids is 3. The highest BCUT2D eigenvalue weighted by Crippen LogP contribution is 2.48. The molecule has 0 radical (unpaired) electrons. The van der Waals surface area contributed by atoms with Crippen LogP contribution in [0.3, 0.4) is 0 Å². The van der Waals surface area contributed by atoms with Crippen molar-refractivity contribution in [2.45, 2.75) is 129 Å². The molecule has 1 spiro atoms. The smallest absolute Gasteiger partial charge is 0.331 e. The van der Waals surface area contributed by atoms with E-state index < -0.39 is 47.5 Å². The summed E-state index contributed by atoms with van der Waals surface area (Å²) in [5.74, 6) is -5.37.